The van der Waals surface area contributed by atoms with Crippen molar-refractivity contribution < 1.29 is 13.2 Å². The van der Waals surface area contributed by atoms with E-state index in [0.29, 0.717) is 17.6 Å². The highest BCUT2D eigenvalue weighted by Crippen LogP contribution is 2.27. The number of nitrogens with one attached hydrogen (secondary N) is 1. The van der Waals surface area contributed by atoms with E-state index in [-0.39, 0.29) is 16.9 Å². The van der Waals surface area contributed by atoms with Gasteiger partial charge in [-0.2, -0.15) is 0 Å². The molecule has 112 valence electrons. The van der Waals surface area contributed by atoms with E-state index >= 15 is 0 Å². The van der Waals surface area contributed by atoms with Crippen molar-refractivity contribution in [2.24, 2.45) is 5.92 Å². The van der Waals surface area contributed by atoms with Crippen molar-refractivity contribution in [2.45, 2.75) is 30.8 Å². The minimum atomic E-state index is -3.50. The number of hydrogen-bond donors (Lipinski definition) is 1. The molecular formula is C13H17Br2NO3S. The molecule has 1 aromatic carbocycles. The summed E-state index contributed by atoms with van der Waals surface area (Å²) >= 11 is 6.60. The number of sulfonamides is 1. The number of ether oxygens (including phenoxy) is 1. The van der Waals surface area contributed by atoms with Gasteiger partial charge in [-0.1, -0.05) is 22.9 Å². The fraction of sp³-hybridized carbons (Fsp3) is 0.538. The molecule has 0 aliphatic carbocycles. The lowest BCUT2D eigenvalue weighted by Gasteiger charge is -2.17. The van der Waals surface area contributed by atoms with Gasteiger partial charge < -0.3 is 4.74 Å². The fourth-order valence-electron chi connectivity index (χ4n) is 2.37. The highest BCUT2D eigenvalue weighted by atomic mass is 79.9. The van der Waals surface area contributed by atoms with Gasteiger partial charge in [-0.15, -0.1) is 0 Å². The third-order valence-electron chi connectivity index (χ3n) is 3.47. The van der Waals surface area contributed by atoms with Gasteiger partial charge in [0.1, 0.15) is 0 Å². The van der Waals surface area contributed by atoms with Crippen molar-refractivity contribution in [2.75, 3.05) is 13.2 Å². The molecule has 4 nitrogen and oxygen atoms in total. The molecular weight excluding hydrogens is 410 g/mol. The van der Waals surface area contributed by atoms with Crippen LogP contribution < -0.4 is 4.72 Å². The van der Waals surface area contributed by atoms with Crippen LogP contribution >= 0.6 is 31.9 Å². The summed E-state index contributed by atoms with van der Waals surface area (Å²) in [5.41, 5.74) is 0. The van der Waals surface area contributed by atoms with Crippen LogP contribution in [0.15, 0.2) is 32.0 Å². The second-order valence-electron chi connectivity index (χ2n) is 4.79. The summed E-state index contributed by atoms with van der Waals surface area (Å²) in [5.74, 6) is 0.254. The highest BCUT2D eigenvalue weighted by Gasteiger charge is 2.28. The van der Waals surface area contributed by atoms with Gasteiger partial charge >= 0.3 is 0 Å². The van der Waals surface area contributed by atoms with E-state index in [9.17, 15) is 8.42 Å². The predicted octanol–water partition coefficient (Wildman–Crippen LogP) is 3.31. The van der Waals surface area contributed by atoms with Gasteiger partial charge in [0.05, 0.1) is 11.0 Å². The van der Waals surface area contributed by atoms with Crippen LogP contribution in [0, 0.1) is 5.92 Å². The van der Waals surface area contributed by atoms with Crippen molar-refractivity contribution in [3.05, 3.63) is 27.1 Å². The summed E-state index contributed by atoms with van der Waals surface area (Å²) < 4.78 is 34.3. The molecule has 1 N–H and O–H groups in total. The summed E-state index contributed by atoms with van der Waals surface area (Å²) in [4.78, 5) is 0.257. The van der Waals surface area contributed by atoms with Crippen LogP contribution in [0.2, 0.25) is 0 Å². The number of benzene rings is 1. The zero-order valence-corrected chi connectivity index (χ0v) is 15.1. The Morgan fingerprint density at radius 2 is 2.15 bits per heavy atom. The first-order chi connectivity index (χ1) is 9.44. The maximum Gasteiger partial charge on any atom is 0.241 e. The van der Waals surface area contributed by atoms with Gasteiger partial charge in [0.15, 0.2) is 0 Å². The number of hydrogen-bond acceptors (Lipinski definition) is 3. The van der Waals surface area contributed by atoms with Crippen molar-refractivity contribution in [1.29, 1.82) is 0 Å². The largest absolute Gasteiger partial charge is 0.378 e. The Morgan fingerprint density at radius 3 is 2.80 bits per heavy atom. The van der Waals surface area contributed by atoms with E-state index < -0.39 is 10.0 Å². The molecule has 1 saturated heterocycles. The third-order valence-corrected chi connectivity index (χ3v) is 6.36. The zero-order valence-electron chi connectivity index (χ0n) is 11.1. The van der Waals surface area contributed by atoms with Gasteiger partial charge in [0, 0.05) is 28.0 Å². The Balaban J connectivity index is 2.07. The molecule has 1 heterocycles. The van der Waals surface area contributed by atoms with Crippen LogP contribution in [0.25, 0.3) is 0 Å². The van der Waals surface area contributed by atoms with Gasteiger partial charge in [0.25, 0.3) is 0 Å². The first-order valence-electron chi connectivity index (χ1n) is 6.50. The Bertz CT molecular complexity index is 577. The fourth-order valence-corrected chi connectivity index (χ4v) is 5.20. The third kappa shape index (κ3) is 3.82. The van der Waals surface area contributed by atoms with E-state index in [1.165, 1.54) is 0 Å². The second kappa shape index (κ2) is 6.87. The molecule has 1 fully saturated rings. The van der Waals surface area contributed by atoms with Crippen LogP contribution in [0.5, 0.6) is 0 Å². The summed E-state index contributed by atoms with van der Waals surface area (Å²) in [7, 11) is -3.50. The molecule has 0 amide bonds. The van der Waals surface area contributed by atoms with Crippen molar-refractivity contribution >= 4 is 41.9 Å². The van der Waals surface area contributed by atoms with E-state index in [0.717, 1.165) is 17.3 Å². The van der Waals surface area contributed by atoms with E-state index in [2.05, 4.69) is 43.5 Å². The summed E-state index contributed by atoms with van der Waals surface area (Å²) in [6, 6.07) is 5.02. The first kappa shape index (κ1) is 16.4. The van der Waals surface area contributed by atoms with Gasteiger partial charge in [-0.25, -0.2) is 13.1 Å². The quantitative estimate of drug-likeness (QED) is 0.785. The maximum absolute atomic E-state index is 12.3. The SMILES string of the molecule is CCC1OCCC1CNS(=O)(=O)c1ccc(Br)cc1Br. The van der Waals surface area contributed by atoms with Crippen molar-refractivity contribution in [3.63, 3.8) is 0 Å². The summed E-state index contributed by atoms with van der Waals surface area (Å²) in [5, 5.41) is 0. The van der Waals surface area contributed by atoms with E-state index in [1.54, 1.807) is 18.2 Å². The van der Waals surface area contributed by atoms with Crippen LogP contribution in [0.1, 0.15) is 19.8 Å². The Kier molecular flexibility index (Phi) is 5.64. The summed E-state index contributed by atoms with van der Waals surface area (Å²) in [6.07, 6.45) is 1.97. The lowest BCUT2D eigenvalue weighted by molar-refractivity contribution is 0.0884. The standard InChI is InChI=1S/C13H17Br2NO3S/c1-2-12-9(5-6-19-12)8-16-20(17,18)13-4-3-10(14)7-11(13)15/h3-4,7,9,12,16H,2,5-6,8H2,1H3. The second-order valence-corrected chi connectivity index (χ2v) is 8.30. The molecule has 0 aromatic heterocycles. The smallest absolute Gasteiger partial charge is 0.241 e. The molecule has 1 aliphatic rings. The zero-order chi connectivity index (χ0) is 14.8. The minimum Gasteiger partial charge on any atom is -0.378 e. The Hall–Kier alpha value is 0.0500. The lowest BCUT2D eigenvalue weighted by atomic mass is 10.0. The molecule has 0 radical (unpaired) electrons. The molecule has 2 unspecified atom stereocenters. The normalized spacial score (nSPS) is 23.1. The van der Waals surface area contributed by atoms with Gasteiger partial charge in [-0.3, -0.25) is 0 Å². The van der Waals surface area contributed by atoms with E-state index in [4.69, 9.17) is 4.74 Å². The highest BCUT2D eigenvalue weighted by molar-refractivity contribution is 9.11. The average molecular weight is 427 g/mol. The Labute approximate surface area is 136 Å². The number of halogens is 2. The molecule has 0 bridgehead atoms. The molecule has 7 heteroatoms. The Morgan fingerprint density at radius 1 is 1.40 bits per heavy atom. The van der Waals surface area contributed by atoms with Crippen LogP contribution in [0.4, 0.5) is 0 Å². The van der Waals surface area contributed by atoms with Crippen LogP contribution in [-0.4, -0.2) is 27.7 Å². The molecule has 2 atom stereocenters. The minimum absolute atomic E-state index is 0.158. The van der Waals surface area contributed by atoms with Gasteiger partial charge in [0.2, 0.25) is 10.0 Å². The molecule has 0 saturated carbocycles. The number of rotatable bonds is 5. The molecule has 2 rings (SSSR count). The lowest BCUT2D eigenvalue weighted by Crippen LogP contribution is -2.32. The molecule has 1 aliphatic heterocycles. The molecule has 1 aromatic rings. The molecule has 20 heavy (non-hydrogen) atoms. The van der Waals surface area contributed by atoms with E-state index in [1.807, 2.05) is 0 Å². The van der Waals surface area contributed by atoms with Crippen LogP contribution in [-0.2, 0) is 14.8 Å². The van der Waals surface area contributed by atoms with Gasteiger partial charge in [-0.05, 0) is 47.0 Å². The topological polar surface area (TPSA) is 55.4 Å². The first-order valence-corrected chi connectivity index (χ1v) is 9.57. The summed E-state index contributed by atoms with van der Waals surface area (Å²) in [6.45, 7) is 3.19. The maximum atomic E-state index is 12.3. The molecule has 0 spiro atoms. The van der Waals surface area contributed by atoms with Crippen LogP contribution in [0.3, 0.4) is 0 Å². The van der Waals surface area contributed by atoms with Crippen molar-refractivity contribution in [3.8, 4) is 0 Å². The predicted molar refractivity (Wildman–Crippen MR) is 85.2 cm³/mol. The monoisotopic (exact) mass is 425 g/mol. The van der Waals surface area contributed by atoms with Crippen molar-refractivity contribution in [1.82, 2.24) is 4.72 Å². The average Bonchev–Trinajstić information content (AvgIpc) is 2.83.